The summed E-state index contributed by atoms with van der Waals surface area (Å²) < 4.78 is 11.8. The number of methoxy groups -OCH3 is 1. The quantitative estimate of drug-likeness (QED) is 0.433. The summed E-state index contributed by atoms with van der Waals surface area (Å²) in [6.45, 7) is 11.8. The minimum Gasteiger partial charge on any atom is -0.496 e. The maximum absolute atomic E-state index is 12.3. The predicted molar refractivity (Wildman–Crippen MR) is 147 cm³/mol. The van der Waals surface area contributed by atoms with Gasteiger partial charge in [0.05, 0.1) is 13.0 Å². The summed E-state index contributed by atoms with van der Waals surface area (Å²) in [4.78, 5) is 14.7. The topological polar surface area (TPSA) is 50.8 Å². The molecule has 2 aliphatic rings. The number of likely N-dealkylation sites (tertiary alicyclic amines) is 1. The van der Waals surface area contributed by atoms with Gasteiger partial charge in [-0.15, -0.1) is 0 Å². The van der Waals surface area contributed by atoms with Gasteiger partial charge in [-0.2, -0.15) is 0 Å². The maximum Gasteiger partial charge on any atom is 0.225 e. The van der Waals surface area contributed by atoms with Crippen molar-refractivity contribution in [3.63, 3.8) is 0 Å². The smallest absolute Gasteiger partial charge is 0.225 e. The van der Waals surface area contributed by atoms with Crippen LogP contribution in [0.15, 0.2) is 42.0 Å². The van der Waals surface area contributed by atoms with Gasteiger partial charge in [0.25, 0.3) is 0 Å². The summed E-state index contributed by atoms with van der Waals surface area (Å²) in [5.74, 6) is 2.15. The normalized spacial score (nSPS) is 16.8. The molecule has 1 saturated heterocycles. The molecule has 2 aromatic rings. The second-order valence-corrected chi connectivity index (χ2v) is 10.4. The summed E-state index contributed by atoms with van der Waals surface area (Å²) in [6, 6.07) is 13.2. The zero-order chi connectivity index (χ0) is 25.7. The van der Waals surface area contributed by atoms with Crippen molar-refractivity contribution >= 4 is 11.5 Å². The van der Waals surface area contributed by atoms with Crippen LogP contribution < -0.4 is 14.8 Å². The highest BCUT2D eigenvalue weighted by Gasteiger charge is 2.33. The van der Waals surface area contributed by atoms with Crippen LogP contribution in [-0.4, -0.2) is 43.6 Å². The van der Waals surface area contributed by atoms with Crippen LogP contribution in [0.25, 0.3) is 5.57 Å². The van der Waals surface area contributed by atoms with Crippen molar-refractivity contribution in [2.45, 2.75) is 72.4 Å². The second-order valence-electron chi connectivity index (χ2n) is 10.4. The third-order valence-electron chi connectivity index (χ3n) is 7.74. The maximum atomic E-state index is 12.3. The fraction of sp³-hybridized carbons (Fsp3) is 0.516. The predicted octanol–water partition coefficient (Wildman–Crippen LogP) is 5.79. The van der Waals surface area contributed by atoms with E-state index in [9.17, 15) is 4.79 Å². The Hall–Kier alpha value is -2.79. The fourth-order valence-electron chi connectivity index (χ4n) is 5.20. The zero-order valence-electron chi connectivity index (χ0n) is 22.7. The van der Waals surface area contributed by atoms with Gasteiger partial charge in [0.2, 0.25) is 5.91 Å². The molecule has 1 heterocycles. The molecular formula is C31H42N2O3. The molecule has 0 saturated carbocycles. The monoisotopic (exact) mass is 490 g/mol. The van der Waals surface area contributed by atoms with E-state index >= 15 is 0 Å². The largest absolute Gasteiger partial charge is 0.496 e. The highest BCUT2D eigenvalue weighted by atomic mass is 16.5. The lowest BCUT2D eigenvalue weighted by Gasteiger charge is -2.40. The Morgan fingerprint density at radius 1 is 1.14 bits per heavy atom. The second kappa shape index (κ2) is 12.0. The van der Waals surface area contributed by atoms with Crippen molar-refractivity contribution in [3.8, 4) is 11.5 Å². The van der Waals surface area contributed by atoms with Crippen LogP contribution in [0, 0.1) is 5.92 Å². The molecule has 2 aromatic carbocycles. The lowest BCUT2D eigenvalue weighted by Crippen LogP contribution is -2.55. The highest BCUT2D eigenvalue weighted by Crippen LogP contribution is 2.35. The van der Waals surface area contributed by atoms with Gasteiger partial charge in [0.1, 0.15) is 18.1 Å². The number of fused-ring (bicyclic) bond motifs is 1. The minimum absolute atomic E-state index is 0.136. The van der Waals surface area contributed by atoms with Crippen molar-refractivity contribution in [3.05, 3.63) is 64.2 Å². The molecule has 0 unspecified atom stereocenters. The van der Waals surface area contributed by atoms with Gasteiger partial charge in [-0.1, -0.05) is 44.0 Å². The molecule has 1 atom stereocenters. The molecule has 36 heavy (non-hydrogen) atoms. The van der Waals surface area contributed by atoms with Gasteiger partial charge < -0.3 is 14.8 Å². The van der Waals surface area contributed by atoms with E-state index in [0.717, 1.165) is 68.8 Å². The van der Waals surface area contributed by atoms with E-state index in [0.29, 0.717) is 6.61 Å². The summed E-state index contributed by atoms with van der Waals surface area (Å²) in [7, 11) is 1.72. The Kier molecular flexibility index (Phi) is 8.73. The molecule has 0 bridgehead atoms. The minimum atomic E-state index is 0.136. The molecule has 4 rings (SSSR count). The number of hydrogen-bond acceptors (Lipinski definition) is 4. The van der Waals surface area contributed by atoms with Crippen LogP contribution in [0.2, 0.25) is 0 Å². The van der Waals surface area contributed by atoms with Crippen molar-refractivity contribution in [1.29, 1.82) is 0 Å². The first-order chi connectivity index (χ1) is 17.4. The Labute approximate surface area is 216 Å². The van der Waals surface area contributed by atoms with Gasteiger partial charge in [-0.3, -0.25) is 9.69 Å². The summed E-state index contributed by atoms with van der Waals surface area (Å²) in [6.07, 6.45) is 5.25. The molecule has 1 aliphatic carbocycles. The van der Waals surface area contributed by atoms with E-state index in [-0.39, 0.29) is 17.9 Å². The highest BCUT2D eigenvalue weighted by molar-refractivity contribution is 5.80. The molecule has 0 aromatic heterocycles. The average Bonchev–Trinajstić information content (AvgIpc) is 2.86. The number of ether oxygens (including phenoxy) is 2. The molecule has 1 N–H and O–H groups in total. The first-order valence-electron chi connectivity index (χ1n) is 13.5. The van der Waals surface area contributed by atoms with Gasteiger partial charge in [0.15, 0.2) is 0 Å². The molecule has 1 amide bonds. The lowest BCUT2D eigenvalue weighted by molar-refractivity contribution is -0.130. The summed E-state index contributed by atoms with van der Waals surface area (Å²) in [5, 5.41) is 3.12. The van der Waals surface area contributed by atoms with E-state index in [2.05, 4.69) is 74.3 Å². The number of nitrogens with one attached hydrogen (secondary N) is 1. The first kappa shape index (κ1) is 26.3. The summed E-state index contributed by atoms with van der Waals surface area (Å²) in [5.41, 5.74) is 7.93. The number of nitrogens with zero attached hydrogens (tertiary/aromatic N) is 1. The average molecular weight is 491 g/mol. The van der Waals surface area contributed by atoms with E-state index in [1.807, 2.05) is 0 Å². The van der Waals surface area contributed by atoms with Crippen molar-refractivity contribution in [2.75, 3.05) is 26.7 Å². The molecule has 1 fully saturated rings. The number of carbonyl (C=O) groups is 1. The van der Waals surface area contributed by atoms with Gasteiger partial charge in [0, 0.05) is 31.2 Å². The molecule has 5 heteroatoms. The Morgan fingerprint density at radius 3 is 2.67 bits per heavy atom. The molecule has 0 spiro atoms. The van der Waals surface area contributed by atoms with Crippen LogP contribution in [0.5, 0.6) is 11.5 Å². The number of hydrogen-bond donors (Lipinski definition) is 1. The SMILES string of the molecule is CCCc1ccc(COc2ccc3c(c2)CCC(CN2CC(C(=O)N[C@@H](C)CC)C2)=C3C)c(OC)c1. The number of rotatable bonds is 11. The number of allylic oxidation sites excluding steroid dienone is 1. The van der Waals surface area contributed by atoms with E-state index < -0.39 is 0 Å². The standard InChI is InChI=1S/C31H42N2O3/c1-6-8-23-9-10-26(30(15-23)35-5)20-36-28-13-14-29-22(4)25(12-11-24(29)16-28)17-33-18-27(19-33)31(34)32-21(3)7-2/h9-10,13-16,21,27H,6-8,11-12,17-20H2,1-5H3,(H,32,34)/t21-/m0/s1. The molecular weight excluding hydrogens is 448 g/mol. The van der Waals surface area contributed by atoms with Crippen LogP contribution in [0.1, 0.15) is 69.2 Å². The van der Waals surface area contributed by atoms with Crippen LogP contribution >= 0.6 is 0 Å². The van der Waals surface area contributed by atoms with Crippen molar-refractivity contribution in [1.82, 2.24) is 10.2 Å². The van der Waals surface area contributed by atoms with E-state index in [1.165, 1.54) is 27.8 Å². The lowest BCUT2D eigenvalue weighted by atomic mass is 9.85. The van der Waals surface area contributed by atoms with Crippen LogP contribution in [0.3, 0.4) is 0 Å². The number of aryl methyl sites for hydroxylation is 2. The zero-order valence-corrected chi connectivity index (χ0v) is 22.7. The van der Waals surface area contributed by atoms with Gasteiger partial charge in [-0.05, 0) is 80.0 Å². The van der Waals surface area contributed by atoms with Gasteiger partial charge >= 0.3 is 0 Å². The first-order valence-corrected chi connectivity index (χ1v) is 13.5. The Morgan fingerprint density at radius 2 is 1.94 bits per heavy atom. The Balaban J connectivity index is 1.34. The number of benzene rings is 2. The van der Waals surface area contributed by atoms with Crippen molar-refractivity contribution in [2.24, 2.45) is 5.92 Å². The molecule has 194 valence electrons. The van der Waals surface area contributed by atoms with Crippen LogP contribution in [0.4, 0.5) is 0 Å². The molecule has 5 nitrogen and oxygen atoms in total. The summed E-state index contributed by atoms with van der Waals surface area (Å²) >= 11 is 0. The molecule has 0 radical (unpaired) electrons. The van der Waals surface area contributed by atoms with Crippen LogP contribution in [-0.2, 0) is 24.2 Å². The third-order valence-corrected chi connectivity index (χ3v) is 7.74. The van der Waals surface area contributed by atoms with Crippen molar-refractivity contribution < 1.29 is 14.3 Å². The van der Waals surface area contributed by atoms with E-state index in [1.54, 1.807) is 7.11 Å². The Bertz CT molecular complexity index is 1100. The number of carbonyl (C=O) groups excluding carboxylic acids is 1. The van der Waals surface area contributed by atoms with E-state index in [4.69, 9.17) is 9.47 Å². The molecule has 1 aliphatic heterocycles. The number of amides is 1. The van der Waals surface area contributed by atoms with Gasteiger partial charge in [-0.25, -0.2) is 0 Å². The third kappa shape index (κ3) is 6.12. The fourth-order valence-corrected chi connectivity index (χ4v) is 5.20.